The standard InChI is InChI=1S/C18H29N3O3S/c1-4-19-14(3)12-20-18(22)15-10-9-13(2)17(11-15)25(23,24)21-16-7-5-6-8-16/h9-11,14,16,19,21H,4-8,12H2,1-3H3,(H,20,22)/t14-/m1/s1. The highest BCUT2D eigenvalue weighted by atomic mass is 32.2. The van der Waals surface area contributed by atoms with E-state index in [4.69, 9.17) is 0 Å². The number of nitrogens with one attached hydrogen (secondary N) is 3. The van der Waals surface area contributed by atoms with E-state index >= 15 is 0 Å². The van der Waals surface area contributed by atoms with Crippen molar-refractivity contribution in [3.05, 3.63) is 29.3 Å². The number of carbonyl (C=O) groups excluding carboxylic acids is 1. The molecule has 0 spiro atoms. The molecule has 0 heterocycles. The third-order valence-electron chi connectivity index (χ3n) is 4.54. The van der Waals surface area contributed by atoms with Crippen LogP contribution in [0.1, 0.15) is 55.5 Å². The molecule has 2 rings (SSSR count). The number of carbonyl (C=O) groups is 1. The fourth-order valence-corrected chi connectivity index (χ4v) is 4.70. The van der Waals surface area contributed by atoms with E-state index in [1.54, 1.807) is 19.1 Å². The van der Waals surface area contributed by atoms with E-state index in [1.807, 2.05) is 13.8 Å². The summed E-state index contributed by atoms with van der Waals surface area (Å²) in [5.41, 5.74) is 1.00. The Morgan fingerprint density at radius 2 is 1.96 bits per heavy atom. The molecule has 1 fully saturated rings. The zero-order valence-electron chi connectivity index (χ0n) is 15.3. The van der Waals surface area contributed by atoms with Crippen LogP contribution in [-0.2, 0) is 10.0 Å². The van der Waals surface area contributed by atoms with Crippen LogP contribution in [0.2, 0.25) is 0 Å². The van der Waals surface area contributed by atoms with Gasteiger partial charge in [-0.25, -0.2) is 13.1 Å². The SMILES string of the molecule is CCN[C@H](C)CNC(=O)c1ccc(C)c(S(=O)(=O)NC2CCCC2)c1. The monoisotopic (exact) mass is 367 g/mol. The number of hydrogen-bond donors (Lipinski definition) is 3. The number of benzene rings is 1. The molecule has 6 nitrogen and oxygen atoms in total. The Labute approximate surface area is 150 Å². The predicted octanol–water partition coefficient (Wildman–Crippen LogP) is 1.94. The van der Waals surface area contributed by atoms with Crippen LogP contribution in [0, 0.1) is 6.92 Å². The highest BCUT2D eigenvalue weighted by Gasteiger charge is 2.25. The normalized spacial score (nSPS) is 16.8. The fourth-order valence-electron chi connectivity index (χ4n) is 3.13. The van der Waals surface area contributed by atoms with Gasteiger partial charge >= 0.3 is 0 Å². The summed E-state index contributed by atoms with van der Waals surface area (Å²) in [5.74, 6) is -0.262. The lowest BCUT2D eigenvalue weighted by molar-refractivity contribution is 0.0950. The Hall–Kier alpha value is -1.44. The lowest BCUT2D eigenvalue weighted by Gasteiger charge is -2.16. The van der Waals surface area contributed by atoms with Gasteiger partial charge in [-0.2, -0.15) is 0 Å². The predicted molar refractivity (Wildman–Crippen MR) is 99.2 cm³/mol. The van der Waals surface area contributed by atoms with Crippen molar-refractivity contribution in [3.63, 3.8) is 0 Å². The van der Waals surface area contributed by atoms with Crippen molar-refractivity contribution >= 4 is 15.9 Å². The van der Waals surface area contributed by atoms with E-state index in [-0.39, 0.29) is 22.9 Å². The summed E-state index contributed by atoms with van der Waals surface area (Å²) >= 11 is 0. The maximum atomic E-state index is 12.7. The van der Waals surface area contributed by atoms with Gasteiger partial charge in [0.15, 0.2) is 0 Å². The average molecular weight is 368 g/mol. The molecule has 0 bridgehead atoms. The molecule has 7 heteroatoms. The molecule has 1 saturated carbocycles. The maximum absolute atomic E-state index is 12.7. The highest BCUT2D eigenvalue weighted by Crippen LogP contribution is 2.22. The van der Waals surface area contributed by atoms with Gasteiger partial charge < -0.3 is 10.6 Å². The molecule has 25 heavy (non-hydrogen) atoms. The molecule has 1 aliphatic rings. The number of hydrogen-bond acceptors (Lipinski definition) is 4. The van der Waals surface area contributed by atoms with Gasteiger partial charge in [-0.3, -0.25) is 4.79 Å². The van der Waals surface area contributed by atoms with E-state index in [9.17, 15) is 13.2 Å². The quantitative estimate of drug-likeness (QED) is 0.655. The first-order chi connectivity index (χ1) is 11.8. The minimum Gasteiger partial charge on any atom is -0.350 e. The second-order valence-corrected chi connectivity index (χ2v) is 8.43. The van der Waals surface area contributed by atoms with Crippen molar-refractivity contribution in [1.82, 2.24) is 15.4 Å². The van der Waals surface area contributed by atoms with Gasteiger partial charge in [-0.1, -0.05) is 25.8 Å². The Morgan fingerprint density at radius 3 is 2.60 bits per heavy atom. The van der Waals surface area contributed by atoms with Crippen molar-refractivity contribution in [2.75, 3.05) is 13.1 Å². The van der Waals surface area contributed by atoms with Gasteiger partial charge in [0, 0.05) is 24.2 Å². The molecule has 0 radical (unpaired) electrons. The number of rotatable bonds is 8. The van der Waals surface area contributed by atoms with E-state index < -0.39 is 10.0 Å². The summed E-state index contributed by atoms with van der Waals surface area (Å²) < 4.78 is 28.1. The van der Waals surface area contributed by atoms with Crippen LogP contribution in [0.3, 0.4) is 0 Å². The molecule has 0 saturated heterocycles. The summed E-state index contributed by atoms with van der Waals surface area (Å²) in [7, 11) is -3.61. The summed E-state index contributed by atoms with van der Waals surface area (Å²) in [6, 6.07) is 4.98. The topological polar surface area (TPSA) is 87.3 Å². The van der Waals surface area contributed by atoms with Crippen molar-refractivity contribution in [2.24, 2.45) is 0 Å². The van der Waals surface area contributed by atoms with E-state index in [2.05, 4.69) is 15.4 Å². The molecule has 3 N–H and O–H groups in total. The Balaban J connectivity index is 2.12. The van der Waals surface area contributed by atoms with Crippen LogP contribution < -0.4 is 15.4 Å². The van der Waals surface area contributed by atoms with E-state index in [0.717, 1.165) is 32.2 Å². The van der Waals surface area contributed by atoms with Gasteiger partial charge in [0.2, 0.25) is 10.0 Å². The molecule has 0 unspecified atom stereocenters. The van der Waals surface area contributed by atoms with Crippen molar-refractivity contribution in [2.45, 2.75) is 63.4 Å². The second-order valence-electron chi connectivity index (χ2n) is 6.75. The van der Waals surface area contributed by atoms with Crippen molar-refractivity contribution < 1.29 is 13.2 Å². The van der Waals surface area contributed by atoms with Crippen LogP contribution in [0.25, 0.3) is 0 Å². The minimum atomic E-state index is -3.61. The molecule has 1 atom stereocenters. The molecule has 1 aromatic rings. The van der Waals surface area contributed by atoms with Gasteiger partial charge in [-0.05, 0) is 50.9 Å². The lowest BCUT2D eigenvalue weighted by atomic mass is 10.1. The molecule has 140 valence electrons. The first-order valence-electron chi connectivity index (χ1n) is 8.98. The maximum Gasteiger partial charge on any atom is 0.251 e. The van der Waals surface area contributed by atoms with Crippen LogP contribution in [0.4, 0.5) is 0 Å². The zero-order valence-corrected chi connectivity index (χ0v) is 16.1. The van der Waals surface area contributed by atoms with Crippen LogP contribution in [0.15, 0.2) is 23.1 Å². The summed E-state index contributed by atoms with van der Waals surface area (Å²) in [6.45, 7) is 7.06. The fraction of sp³-hybridized carbons (Fsp3) is 0.611. The largest absolute Gasteiger partial charge is 0.350 e. The molecular formula is C18H29N3O3S. The smallest absolute Gasteiger partial charge is 0.251 e. The van der Waals surface area contributed by atoms with Crippen LogP contribution in [0.5, 0.6) is 0 Å². The minimum absolute atomic E-state index is 0.00264. The molecule has 0 aliphatic heterocycles. The summed E-state index contributed by atoms with van der Waals surface area (Å²) in [6.07, 6.45) is 3.86. The van der Waals surface area contributed by atoms with Gasteiger partial charge in [-0.15, -0.1) is 0 Å². The Bertz CT molecular complexity index is 698. The number of amides is 1. The summed E-state index contributed by atoms with van der Waals surface area (Å²) in [5, 5.41) is 6.05. The number of likely N-dealkylation sites (N-methyl/N-ethyl adjacent to an activating group) is 1. The summed E-state index contributed by atoms with van der Waals surface area (Å²) in [4.78, 5) is 12.5. The van der Waals surface area contributed by atoms with Crippen LogP contribution >= 0.6 is 0 Å². The zero-order chi connectivity index (χ0) is 18.4. The molecule has 1 aliphatic carbocycles. The molecular weight excluding hydrogens is 338 g/mol. The number of aryl methyl sites for hydroxylation is 1. The first kappa shape index (κ1) is 19.9. The van der Waals surface area contributed by atoms with Gasteiger partial charge in [0.25, 0.3) is 5.91 Å². The van der Waals surface area contributed by atoms with Crippen molar-refractivity contribution in [1.29, 1.82) is 0 Å². The Kier molecular flexibility index (Phi) is 6.98. The second kappa shape index (κ2) is 8.78. The Morgan fingerprint density at radius 1 is 1.28 bits per heavy atom. The highest BCUT2D eigenvalue weighted by molar-refractivity contribution is 7.89. The van der Waals surface area contributed by atoms with Crippen molar-refractivity contribution in [3.8, 4) is 0 Å². The van der Waals surface area contributed by atoms with E-state index in [0.29, 0.717) is 17.7 Å². The third kappa shape index (κ3) is 5.52. The first-order valence-corrected chi connectivity index (χ1v) is 10.5. The molecule has 1 amide bonds. The molecule has 0 aromatic heterocycles. The third-order valence-corrected chi connectivity index (χ3v) is 6.20. The molecule has 1 aromatic carbocycles. The van der Waals surface area contributed by atoms with Crippen LogP contribution in [-0.4, -0.2) is 39.5 Å². The average Bonchev–Trinajstić information content (AvgIpc) is 3.05. The lowest BCUT2D eigenvalue weighted by Crippen LogP contribution is -2.39. The van der Waals surface area contributed by atoms with E-state index in [1.165, 1.54) is 6.07 Å². The van der Waals surface area contributed by atoms with Gasteiger partial charge in [0.1, 0.15) is 0 Å². The number of sulfonamides is 1. The van der Waals surface area contributed by atoms with Gasteiger partial charge in [0.05, 0.1) is 4.90 Å².